The van der Waals surface area contributed by atoms with Gasteiger partial charge >= 0.3 is 5.97 Å². The monoisotopic (exact) mass is 300 g/mol. The van der Waals surface area contributed by atoms with E-state index in [0.29, 0.717) is 5.56 Å². The number of carboxylic acid groups (broad SMARTS) is 1. The molecule has 0 heterocycles. The number of hydrogen-bond donors (Lipinski definition) is 4. The zero-order valence-electron chi connectivity index (χ0n) is 11.2. The lowest BCUT2D eigenvalue weighted by Crippen LogP contribution is -2.02. The predicted molar refractivity (Wildman–Crippen MR) is 78.2 cm³/mol. The van der Waals surface area contributed by atoms with Crippen molar-refractivity contribution in [2.45, 2.75) is 0 Å². The van der Waals surface area contributed by atoms with Crippen LogP contribution in [0.15, 0.2) is 42.5 Å². The van der Waals surface area contributed by atoms with E-state index >= 15 is 0 Å². The molecule has 2 aromatic carbocycles. The first-order chi connectivity index (χ1) is 10.4. The summed E-state index contributed by atoms with van der Waals surface area (Å²) >= 11 is 0. The molecule has 4 N–H and O–H groups in total. The fraction of sp³-hybridized carbons (Fsp3) is 0. The Hall–Kier alpha value is -3.28. The minimum absolute atomic E-state index is 0.0206. The molecule has 0 radical (unpaired) electrons. The minimum atomic E-state index is -1.42. The number of aromatic carboxylic acids is 1. The maximum atomic E-state index is 12.0. The highest BCUT2D eigenvalue weighted by Gasteiger charge is 2.17. The van der Waals surface area contributed by atoms with Gasteiger partial charge in [0.25, 0.3) is 0 Å². The number of hydrogen-bond acceptors (Lipinski definition) is 5. The van der Waals surface area contributed by atoms with Gasteiger partial charge in [0, 0.05) is 11.6 Å². The van der Waals surface area contributed by atoms with E-state index in [1.54, 1.807) is 18.2 Å². The van der Waals surface area contributed by atoms with Crippen LogP contribution in [0.5, 0.6) is 17.2 Å². The molecule has 22 heavy (non-hydrogen) atoms. The maximum absolute atomic E-state index is 12.0. The van der Waals surface area contributed by atoms with Crippen LogP contribution in [0.2, 0.25) is 0 Å². The SMILES string of the molecule is O=C(O)c1cc(C(=O)C=Cc2ccccc2O)c(O)cc1O. The van der Waals surface area contributed by atoms with Gasteiger partial charge in [0.2, 0.25) is 0 Å². The number of phenolic OH excluding ortho intramolecular Hbond substituents is 2. The topological polar surface area (TPSA) is 115 Å². The van der Waals surface area contributed by atoms with Crippen LogP contribution in [-0.4, -0.2) is 32.2 Å². The third-order valence-electron chi connectivity index (χ3n) is 2.96. The van der Waals surface area contributed by atoms with Crippen molar-refractivity contribution >= 4 is 17.8 Å². The van der Waals surface area contributed by atoms with Crippen molar-refractivity contribution in [1.29, 1.82) is 0 Å². The Kier molecular flexibility index (Phi) is 4.13. The number of para-hydroxylation sites is 1. The predicted octanol–water partition coefficient (Wildman–Crippen LogP) is 2.40. The van der Waals surface area contributed by atoms with Crippen molar-refractivity contribution < 1.29 is 30.0 Å². The lowest BCUT2D eigenvalue weighted by atomic mass is 10.0. The summed E-state index contributed by atoms with van der Waals surface area (Å²) in [6, 6.07) is 8.02. The molecule has 0 unspecified atom stereocenters. The van der Waals surface area contributed by atoms with Gasteiger partial charge in [0.05, 0.1) is 5.56 Å². The van der Waals surface area contributed by atoms with Crippen molar-refractivity contribution in [2.75, 3.05) is 0 Å². The average Bonchev–Trinajstić information content (AvgIpc) is 2.45. The summed E-state index contributed by atoms with van der Waals surface area (Å²) in [5.41, 5.74) is -0.355. The minimum Gasteiger partial charge on any atom is -0.507 e. The molecular weight excluding hydrogens is 288 g/mol. The quantitative estimate of drug-likeness (QED) is 0.509. The molecule has 0 aliphatic rings. The van der Waals surface area contributed by atoms with Crippen molar-refractivity contribution in [3.8, 4) is 17.2 Å². The first-order valence-corrected chi connectivity index (χ1v) is 6.20. The van der Waals surface area contributed by atoms with Crippen LogP contribution >= 0.6 is 0 Å². The van der Waals surface area contributed by atoms with E-state index in [-0.39, 0.29) is 11.3 Å². The van der Waals surface area contributed by atoms with Crippen LogP contribution in [0.4, 0.5) is 0 Å². The summed E-state index contributed by atoms with van der Waals surface area (Å²) in [4.78, 5) is 23.0. The fourth-order valence-corrected chi connectivity index (χ4v) is 1.83. The summed E-state index contributed by atoms with van der Waals surface area (Å²) < 4.78 is 0. The number of carbonyl (C=O) groups excluding carboxylic acids is 1. The molecule has 6 heteroatoms. The molecule has 2 rings (SSSR count). The molecule has 0 aliphatic heterocycles. The molecule has 112 valence electrons. The number of ketones is 1. The van der Waals surface area contributed by atoms with E-state index in [4.69, 9.17) is 5.11 Å². The second-order valence-corrected chi connectivity index (χ2v) is 4.45. The Morgan fingerprint density at radius 1 is 0.864 bits per heavy atom. The number of phenols is 3. The molecule has 0 amide bonds. The van der Waals surface area contributed by atoms with Crippen LogP contribution in [-0.2, 0) is 0 Å². The lowest BCUT2D eigenvalue weighted by molar-refractivity contribution is 0.0693. The molecule has 2 aromatic rings. The number of carbonyl (C=O) groups is 2. The van der Waals surface area contributed by atoms with E-state index in [9.17, 15) is 24.9 Å². The molecule has 6 nitrogen and oxygen atoms in total. The number of rotatable bonds is 4. The Morgan fingerprint density at radius 3 is 2.14 bits per heavy atom. The zero-order valence-corrected chi connectivity index (χ0v) is 11.2. The first-order valence-electron chi connectivity index (χ1n) is 6.20. The van der Waals surface area contributed by atoms with Gasteiger partial charge in [0.1, 0.15) is 22.8 Å². The van der Waals surface area contributed by atoms with Crippen LogP contribution in [0, 0.1) is 0 Å². The largest absolute Gasteiger partial charge is 0.507 e. The van der Waals surface area contributed by atoms with Gasteiger partial charge in [-0.15, -0.1) is 0 Å². The second-order valence-electron chi connectivity index (χ2n) is 4.45. The van der Waals surface area contributed by atoms with Crippen molar-refractivity contribution in [1.82, 2.24) is 0 Å². The van der Waals surface area contributed by atoms with Gasteiger partial charge in [-0.2, -0.15) is 0 Å². The Morgan fingerprint density at radius 2 is 1.50 bits per heavy atom. The third kappa shape index (κ3) is 3.06. The van der Waals surface area contributed by atoms with E-state index < -0.39 is 28.8 Å². The first kappa shape index (κ1) is 15.1. The number of benzene rings is 2. The highest BCUT2D eigenvalue weighted by Crippen LogP contribution is 2.28. The van der Waals surface area contributed by atoms with Gasteiger partial charge in [-0.3, -0.25) is 4.79 Å². The molecule has 0 saturated carbocycles. The van der Waals surface area contributed by atoms with Gasteiger partial charge in [0.15, 0.2) is 5.78 Å². The van der Waals surface area contributed by atoms with Crippen molar-refractivity contribution in [2.24, 2.45) is 0 Å². The average molecular weight is 300 g/mol. The van der Waals surface area contributed by atoms with Crippen LogP contribution < -0.4 is 0 Å². The van der Waals surface area contributed by atoms with E-state index in [1.165, 1.54) is 12.1 Å². The highest BCUT2D eigenvalue weighted by atomic mass is 16.4. The van der Waals surface area contributed by atoms with Crippen LogP contribution in [0.1, 0.15) is 26.3 Å². The van der Waals surface area contributed by atoms with Gasteiger partial charge < -0.3 is 20.4 Å². The van der Waals surface area contributed by atoms with Gasteiger partial charge in [-0.05, 0) is 24.3 Å². The van der Waals surface area contributed by atoms with Crippen molar-refractivity contribution in [3.05, 3.63) is 59.2 Å². The smallest absolute Gasteiger partial charge is 0.339 e. The molecule has 0 fully saturated rings. The Balaban J connectivity index is 2.36. The van der Waals surface area contributed by atoms with Crippen LogP contribution in [0.25, 0.3) is 6.08 Å². The maximum Gasteiger partial charge on any atom is 0.339 e. The molecule has 0 atom stereocenters. The van der Waals surface area contributed by atoms with E-state index in [2.05, 4.69) is 0 Å². The van der Waals surface area contributed by atoms with Gasteiger partial charge in [-0.25, -0.2) is 4.79 Å². The molecule has 0 saturated heterocycles. The summed E-state index contributed by atoms with van der Waals surface area (Å²) in [7, 11) is 0. The van der Waals surface area contributed by atoms with Gasteiger partial charge in [-0.1, -0.05) is 18.2 Å². The number of carboxylic acids is 1. The third-order valence-corrected chi connectivity index (χ3v) is 2.96. The molecule has 0 aromatic heterocycles. The summed E-state index contributed by atoms with van der Waals surface area (Å²) in [5.74, 6) is -3.27. The molecule has 0 aliphatic carbocycles. The number of aromatic hydroxyl groups is 3. The number of allylic oxidation sites excluding steroid dienone is 1. The molecular formula is C16H12O6. The molecule has 0 spiro atoms. The zero-order chi connectivity index (χ0) is 16.3. The standard InChI is InChI=1S/C16H12O6/c17-12-4-2-1-3-9(12)5-6-13(18)10-7-11(16(21)22)15(20)8-14(10)19/h1-8,17,19-20H,(H,21,22). The summed E-state index contributed by atoms with van der Waals surface area (Å²) in [6.07, 6.45) is 2.43. The van der Waals surface area contributed by atoms with Crippen molar-refractivity contribution in [3.63, 3.8) is 0 Å². The normalized spacial score (nSPS) is 10.7. The fourth-order valence-electron chi connectivity index (χ4n) is 1.83. The Labute approximate surface area is 125 Å². The summed E-state index contributed by atoms with van der Waals surface area (Å²) in [5, 5.41) is 37.6. The Bertz CT molecular complexity index is 776. The molecule has 0 bridgehead atoms. The lowest BCUT2D eigenvalue weighted by Gasteiger charge is -2.05. The highest BCUT2D eigenvalue weighted by molar-refractivity contribution is 6.10. The van der Waals surface area contributed by atoms with Crippen LogP contribution in [0.3, 0.4) is 0 Å². The van der Waals surface area contributed by atoms with E-state index in [0.717, 1.165) is 18.2 Å². The summed E-state index contributed by atoms with van der Waals surface area (Å²) in [6.45, 7) is 0. The van der Waals surface area contributed by atoms with E-state index in [1.807, 2.05) is 0 Å². The second kappa shape index (κ2) is 6.01.